The molecule has 0 saturated carbocycles. The first-order chi connectivity index (χ1) is 7.04. The summed E-state index contributed by atoms with van der Waals surface area (Å²) < 4.78 is 28.0. The van der Waals surface area contributed by atoms with Gasteiger partial charge in [-0.2, -0.15) is 0 Å². The van der Waals surface area contributed by atoms with Gasteiger partial charge in [-0.25, -0.2) is 8.42 Å². The van der Waals surface area contributed by atoms with Gasteiger partial charge in [-0.05, 0) is 18.4 Å². The van der Waals surface area contributed by atoms with Crippen molar-refractivity contribution in [3.63, 3.8) is 0 Å². The molecule has 0 aromatic carbocycles. The predicted molar refractivity (Wildman–Crippen MR) is 54.1 cm³/mol. The number of nitrogens with one attached hydrogen (secondary N) is 1. The van der Waals surface area contributed by atoms with Gasteiger partial charge in [0.25, 0.3) is 0 Å². The maximum absolute atomic E-state index is 11.7. The van der Waals surface area contributed by atoms with Crippen molar-refractivity contribution in [1.29, 1.82) is 0 Å². The molecule has 0 aromatic rings. The molecule has 0 unspecified atom stereocenters. The number of hydrogen-bond donors (Lipinski definition) is 1. The lowest BCUT2D eigenvalue weighted by atomic mass is 9.91. The Morgan fingerprint density at radius 1 is 1.47 bits per heavy atom. The molecule has 2 fully saturated rings. The van der Waals surface area contributed by atoms with Crippen LogP contribution in [-0.2, 0) is 19.4 Å². The van der Waals surface area contributed by atoms with Crippen LogP contribution in [0.15, 0.2) is 0 Å². The van der Waals surface area contributed by atoms with Gasteiger partial charge < -0.3 is 10.1 Å². The van der Waals surface area contributed by atoms with Crippen LogP contribution < -0.4 is 5.32 Å². The molecule has 3 atom stereocenters. The van der Waals surface area contributed by atoms with Crippen molar-refractivity contribution in [2.45, 2.75) is 11.7 Å². The van der Waals surface area contributed by atoms with Crippen LogP contribution in [0.4, 0.5) is 0 Å². The van der Waals surface area contributed by atoms with E-state index in [0.29, 0.717) is 13.1 Å². The molecular weight excluding hydrogens is 218 g/mol. The fourth-order valence-corrected chi connectivity index (χ4v) is 5.02. The molecule has 0 bridgehead atoms. The minimum absolute atomic E-state index is 0.0672. The average molecular weight is 233 g/mol. The van der Waals surface area contributed by atoms with E-state index in [-0.39, 0.29) is 35.2 Å². The molecule has 86 valence electrons. The van der Waals surface area contributed by atoms with E-state index in [1.54, 1.807) is 0 Å². The van der Waals surface area contributed by atoms with Crippen molar-refractivity contribution in [3.8, 4) is 0 Å². The summed E-state index contributed by atoms with van der Waals surface area (Å²) in [6.07, 6.45) is 0.221. The quantitative estimate of drug-likeness (QED) is 0.631. The Morgan fingerprint density at radius 2 is 2.20 bits per heavy atom. The third kappa shape index (κ3) is 1.88. The number of methoxy groups -OCH3 is 1. The molecule has 0 spiro atoms. The minimum atomic E-state index is -3.00. The van der Waals surface area contributed by atoms with Crippen molar-refractivity contribution in [3.05, 3.63) is 0 Å². The molecule has 1 N–H and O–H groups in total. The van der Waals surface area contributed by atoms with Crippen LogP contribution in [0.5, 0.6) is 0 Å². The number of carbonyl (C=O) groups excluding carboxylic acids is 1. The van der Waals surface area contributed by atoms with E-state index in [1.165, 1.54) is 7.11 Å². The van der Waals surface area contributed by atoms with Crippen molar-refractivity contribution >= 4 is 15.8 Å². The van der Waals surface area contributed by atoms with Crippen LogP contribution in [0.25, 0.3) is 0 Å². The van der Waals surface area contributed by atoms with Gasteiger partial charge in [0.15, 0.2) is 9.84 Å². The zero-order valence-electron chi connectivity index (χ0n) is 8.60. The van der Waals surface area contributed by atoms with Gasteiger partial charge in [0.05, 0.1) is 18.1 Å². The van der Waals surface area contributed by atoms with Crippen molar-refractivity contribution in [1.82, 2.24) is 5.32 Å². The van der Waals surface area contributed by atoms with Crippen LogP contribution in [-0.4, -0.2) is 45.6 Å². The van der Waals surface area contributed by atoms with Gasteiger partial charge in [-0.1, -0.05) is 0 Å². The second kappa shape index (κ2) is 3.75. The maximum Gasteiger partial charge on any atom is 0.305 e. The van der Waals surface area contributed by atoms with E-state index < -0.39 is 9.84 Å². The molecule has 0 aliphatic carbocycles. The molecular formula is C9H15NO4S. The Kier molecular flexibility index (Phi) is 2.72. The molecule has 2 aliphatic rings. The fraction of sp³-hybridized carbons (Fsp3) is 0.889. The second-order valence-electron chi connectivity index (χ2n) is 4.23. The van der Waals surface area contributed by atoms with Crippen molar-refractivity contribution in [2.24, 2.45) is 11.8 Å². The summed E-state index contributed by atoms with van der Waals surface area (Å²) in [6, 6.07) is 0. The van der Waals surface area contributed by atoms with Gasteiger partial charge in [-0.15, -0.1) is 0 Å². The van der Waals surface area contributed by atoms with Crippen LogP contribution in [0.1, 0.15) is 6.42 Å². The summed E-state index contributed by atoms with van der Waals surface area (Å²) in [7, 11) is -1.67. The predicted octanol–water partition coefficient (Wildman–Crippen LogP) is -0.818. The first-order valence-corrected chi connectivity index (χ1v) is 6.75. The molecule has 15 heavy (non-hydrogen) atoms. The van der Waals surface area contributed by atoms with Gasteiger partial charge in [0.2, 0.25) is 0 Å². The Hall–Kier alpha value is -0.620. The first kappa shape index (κ1) is 10.9. The zero-order valence-corrected chi connectivity index (χ0v) is 9.42. The number of sulfone groups is 1. The fourth-order valence-electron chi connectivity index (χ4n) is 2.59. The second-order valence-corrected chi connectivity index (χ2v) is 6.49. The third-order valence-corrected chi connectivity index (χ3v) is 5.70. The molecule has 2 rings (SSSR count). The summed E-state index contributed by atoms with van der Waals surface area (Å²) in [4.78, 5) is 11.1. The van der Waals surface area contributed by atoms with Gasteiger partial charge >= 0.3 is 5.97 Å². The zero-order chi connectivity index (χ0) is 11.1. The molecule has 2 saturated heterocycles. The van der Waals surface area contributed by atoms with E-state index in [2.05, 4.69) is 10.1 Å². The van der Waals surface area contributed by atoms with Crippen molar-refractivity contribution < 1.29 is 17.9 Å². The van der Waals surface area contributed by atoms with Crippen LogP contribution in [0.2, 0.25) is 0 Å². The summed E-state index contributed by atoms with van der Waals surface area (Å²) in [6.45, 7) is 1.23. The maximum atomic E-state index is 11.7. The lowest BCUT2D eigenvalue weighted by Crippen LogP contribution is -2.22. The smallest absolute Gasteiger partial charge is 0.305 e. The Labute approximate surface area is 89.1 Å². The van der Waals surface area contributed by atoms with Crippen molar-refractivity contribution in [2.75, 3.05) is 26.0 Å². The van der Waals surface area contributed by atoms with Crippen LogP contribution >= 0.6 is 0 Å². The number of fused-ring (bicyclic) bond motifs is 1. The average Bonchev–Trinajstić information content (AvgIpc) is 2.71. The molecule has 2 aliphatic heterocycles. The molecule has 0 amide bonds. The van der Waals surface area contributed by atoms with Crippen LogP contribution in [0.3, 0.4) is 0 Å². The summed E-state index contributed by atoms with van der Waals surface area (Å²) in [5, 5.41) is 2.78. The number of esters is 1. The summed E-state index contributed by atoms with van der Waals surface area (Å²) in [5.41, 5.74) is 0. The molecule has 6 heteroatoms. The molecule has 2 heterocycles. The third-order valence-electron chi connectivity index (χ3n) is 3.37. The lowest BCUT2D eigenvalue weighted by molar-refractivity contribution is -0.141. The lowest BCUT2D eigenvalue weighted by Gasteiger charge is -2.13. The highest BCUT2D eigenvalue weighted by Crippen LogP contribution is 2.36. The van der Waals surface area contributed by atoms with E-state index >= 15 is 0 Å². The minimum Gasteiger partial charge on any atom is -0.469 e. The van der Waals surface area contributed by atoms with Crippen LogP contribution in [0, 0.1) is 11.8 Å². The van der Waals surface area contributed by atoms with E-state index in [1.807, 2.05) is 0 Å². The van der Waals surface area contributed by atoms with Gasteiger partial charge in [-0.3, -0.25) is 4.79 Å². The SMILES string of the molecule is COC(=O)C[C@@H]1CS(=O)(=O)[C@@H]2CNC[C@H]12. The Morgan fingerprint density at radius 3 is 2.87 bits per heavy atom. The monoisotopic (exact) mass is 233 g/mol. The molecule has 0 radical (unpaired) electrons. The largest absolute Gasteiger partial charge is 0.469 e. The number of hydrogen-bond acceptors (Lipinski definition) is 5. The van der Waals surface area contributed by atoms with Gasteiger partial charge in [0, 0.05) is 13.0 Å². The standard InChI is InChI=1S/C9H15NO4S/c1-14-9(11)2-6-5-15(12,13)8-4-10-3-7(6)8/h6-8,10H,2-5H2,1H3/t6-,7-,8-/m1/s1. The normalized spacial score (nSPS) is 37.5. The van der Waals surface area contributed by atoms with E-state index in [4.69, 9.17) is 0 Å². The topological polar surface area (TPSA) is 72.5 Å². The highest BCUT2D eigenvalue weighted by Gasteiger charge is 2.49. The summed E-state index contributed by atoms with van der Waals surface area (Å²) >= 11 is 0. The Balaban J connectivity index is 2.12. The van der Waals surface area contributed by atoms with E-state index in [9.17, 15) is 13.2 Å². The van der Waals surface area contributed by atoms with Gasteiger partial charge in [0.1, 0.15) is 0 Å². The number of carbonyl (C=O) groups is 1. The summed E-state index contributed by atoms with van der Waals surface area (Å²) in [5.74, 6) is -0.154. The molecule has 0 aromatic heterocycles. The first-order valence-electron chi connectivity index (χ1n) is 5.03. The highest BCUT2D eigenvalue weighted by atomic mass is 32.2. The highest BCUT2D eigenvalue weighted by molar-refractivity contribution is 7.92. The number of ether oxygens (including phenoxy) is 1. The van der Waals surface area contributed by atoms with E-state index in [0.717, 1.165) is 0 Å². The Bertz CT molecular complexity index is 364. The molecule has 5 nitrogen and oxygen atoms in total. The number of rotatable bonds is 2.